The summed E-state index contributed by atoms with van der Waals surface area (Å²) in [5.74, 6) is 1.88. The highest BCUT2D eigenvalue weighted by Crippen LogP contribution is 2.02. The van der Waals surface area contributed by atoms with Crippen LogP contribution in [0.3, 0.4) is 0 Å². The summed E-state index contributed by atoms with van der Waals surface area (Å²) in [7, 11) is 0. The summed E-state index contributed by atoms with van der Waals surface area (Å²) in [5, 5.41) is 3.57. The second kappa shape index (κ2) is 6.18. The molecule has 1 saturated heterocycles. The smallest absolute Gasteiger partial charge is 0.225 e. The molecular formula is C12H20ClN3. The third kappa shape index (κ3) is 3.17. The Hall–Kier alpha value is -0.640. The lowest BCUT2D eigenvalue weighted by Gasteiger charge is -2.31. The Bertz CT molecular complexity index is 302. The summed E-state index contributed by atoms with van der Waals surface area (Å²) in [5.41, 5.74) is 0. The van der Waals surface area contributed by atoms with Crippen LogP contribution in [0.1, 0.15) is 13.8 Å². The Morgan fingerprint density at radius 3 is 2.88 bits per heavy atom. The molecule has 2 atom stereocenters. The Labute approximate surface area is 104 Å². The second-order valence-corrected chi connectivity index (χ2v) is 4.58. The van der Waals surface area contributed by atoms with Crippen LogP contribution in [-0.4, -0.2) is 30.7 Å². The number of rotatable bonds is 2. The van der Waals surface area contributed by atoms with Gasteiger partial charge in [-0.05, 0) is 12.0 Å². The molecule has 1 aromatic heterocycles. The van der Waals surface area contributed by atoms with Crippen molar-refractivity contribution in [3.8, 4) is 0 Å². The zero-order valence-electron chi connectivity index (χ0n) is 9.91. The van der Waals surface area contributed by atoms with E-state index in [-0.39, 0.29) is 12.4 Å². The third-order valence-corrected chi connectivity index (χ3v) is 3.13. The van der Waals surface area contributed by atoms with Gasteiger partial charge < -0.3 is 17.7 Å². The fourth-order valence-corrected chi connectivity index (χ4v) is 2.12. The molecule has 2 rings (SSSR count). The highest BCUT2D eigenvalue weighted by Gasteiger charge is 2.26. The second-order valence-electron chi connectivity index (χ2n) is 4.58. The van der Waals surface area contributed by atoms with Gasteiger partial charge in [-0.1, -0.05) is 19.9 Å². The van der Waals surface area contributed by atoms with Crippen LogP contribution >= 0.6 is 0 Å². The highest BCUT2D eigenvalue weighted by atomic mass is 35.5. The number of aromatic nitrogens is 1. The van der Waals surface area contributed by atoms with E-state index in [0.29, 0.717) is 12.0 Å². The number of piperazine rings is 1. The number of quaternary nitrogens is 1. The number of pyridine rings is 1. The first-order valence-corrected chi connectivity index (χ1v) is 5.77. The molecule has 0 aromatic carbocycles. The molecule has 0 aliphatic carbocycles. The van der Waals surface area contributed by atoms with Gasteiger partial charge in [0.2, 0.25) is 5.82 Å². The lowest BCUT2D eigenvalue weighted by molar-refractivity contribution is -0.841. The molecule has 4 heteroatoms. The quantitative estimate of drug-likeness (QED) is 0.587. The van der Waals surface area contributed by atoms with Gasteiger partial charge in [-0.3, -0.25) is 4.90 Å². The van der Waals surface area contributed by atoms with E-state index >= 15 is 0 Å². The SMILES string of the molecule is CC(C)C1C[NH+](c2ccccn2)CCN1.[Cl-]. The Balaban J connectivity index is 0.00000128. The molecule has 0 spiro atoms. The minimum atomic E-state index is 0. The maximum absolute atomic E-state index is 4.43. The van der Waals surface area contributed by atoms with Crippen LogP contribution in [0.5, 0.6) is 0 Å². The molecule has 1 aliphatic heterocycles. The van der Waals surface area contributed by atoms with Crippen molar-refractivity contribution in [1.82, 2.24) is 10.3 Å². The molecule has 90 valence electrons. The lowest BCUT2D eigenvalue weighted by atomic mass is 10.0. The van der Waals surface area contributed by atoms with Crippen molar-refractivity contribution >= 4 is 5.82 Å². The molecule has 1 fully saturated rings. The van der Waals surface area contributed by atoms with Crippen LogP contribution in [-0.2, 0) is 0 Å². The summed E-state index contributed by atoms with van der Waals surface area (Å²) in [6.45, 7) is 7.93. The minimum absolute atomic E-state index is 0. The van der Waals surface area contributed by atoms with Crippen molar-refractivity contribution in [3.05, 3.63) is 24.4 Å². The molecule has 0 radical (unpaired) electrons. The predicted octanol–water partition coefficient (Wildman–Crippen LogP) is -2.77. The van der Waals surface area contributed by atoms with E-state index in [0.717, 1.165) is 19.6 Å². The number of nitrogens with one attached hydrogen (secondary N) is 2. The lowest BCUT2D eigenvalue weighted by Crippen LogP contribution is -3.11. The maximum Gasteiger partial charge on any atom is 0.225 e. The molecule has 0 amide bonds. The molecule has 0 bridgehead atoms. The van der Waals surface area contributed by atoms with Gasteiger partial charge in [0.1, 0.15) is 0 Å². The maximum atomic E-state index is 4.43. The fraction of sp³-hybridized carbons (Fsp3) is 0.583. The van der Waals surface area contributed by atoms with Crippen LogP contribution < -0.4 is 22.6 Å². The van der Waals surface area contributed by atoms with Gasteiger partial charge in [-0.25, -0.2) is 4.98 Å². The first-order chi connectivity index (χ1) is 7.27. The molecule has 2 unspecified atom stereocenters. The standard InChI is InChI=1S/C12H19N3.ClH/c1-10(2)11-9-15(8-7-13-11)12-5-3-4-6-14-12;/h3-6,10-11,13H,7-9H2,1-2H3;1H. The molecular weight excluding hydrogens is 222 g/mol. The third-order valence-electron chi connectivity index (χ3n) is 3.13. The van der Waals surface area contributed by atoms with Crippen LogP contribution in [0.2, 0.25) is 0 Å². The van der Waals surface area contributed by atoms with Gasteiger partial charge in [0.25, 0.3) is 0 Å². The first kappa shape index (κ1) is 13.4. The van der Waals surface area contributed by atoms with E-state index in [2.05, 4.69) is 36.3 Å². The average Bonchev–Trinajstić information content (AvgIpc) is 2.30. The van der Waals surface area contributed by atoms with Crippen molar-refractivity contribution in [2.45, 2.75) is 19.9 Å². The summed E-state index contributed by atoms with van der Waals surface area (Å²) < 4.78 is 0. The van der Waals surface area contributed by atoms with E-state index in [4.69, 9.17) is 0 Å². The van der Waals surface area contributed by atoms with E-state index < -0.39 is 0 Å². The van der Waals surface area contributed by atoms with Gasteiger partial charge in [-0.2, -0.15) is 0 Å². The number of hydrogen-bond donors (Lipinski definition) is 2. The van der Waals surface area contributed by atoms with E-state index in [9.17, 15) is 0 Å². The predicted molar refractivity (Wildman–Crippen MR) is 61.2 cm³/mol. The average molecular weight is 242 g/mol. The summed E-state index contributed by atoms with van der Waals surface area (Å²) in [6.07, 6.45) is 1.88. The van der Waals surface area contributed by atoms with Gasteiger partial charge >= 0.3 is 0 Å². The highest BCUT2D eigenvalue weighted by molar-refractivity contribution is 5.16. The van der Waals surface area contributed by atoms with Gasteiger partial charge in [0.05, 0.1) is 19.1 Å². The van der Waals surface area contributed by atoms with E-state index in [1.807, 2.05) is 12.3 Å². The summed E-state index contributed by atoms with van der Waals surface area (Å²) in [6, 6.07) is 6.79. The normalized spacial score (nSPS) is 25.2. The molecule has 3 nitrogen and oxygen atoms in total. The molecule has 0 saturated carbocycles. The zero-order chi connectivity index (χ0) is 10.7. The van der Waals surface area contributed by atoms with Crippen LogP contribution in [0.4, 0.5) is 5.82 Å². The van der Waals surface area contributed by atoms with Crippen LogP contribution in [0.25, 0.3) is 0 Å². The fourth-order valence-electron chi connectivity index (χ4n) is 2.12. The molecule has 2 N–H and O–H groups in total. The van der Waals surface area contributed by atoms with Crippen molar-refractivity contribution in [2.24, 2.45) is 5.92 Å². The van der Waals surface area contributed by atoms with Crippen molar-refractivity contribution < 1.29 is 17.3 Å². The number of hydrogen-bond acceptors (Lipinski definition) is 2. The van der Waals surface area contributed by atoms with E-state index in [1.165, 1.54) is 10.7 Å². The van der Waals surface area contributed by atoms with Gasteiger partial charge in [0.15, 0.2) is 0 Å². The molecule has 1 aromatic rings. The zero-order valence-corrected chi connectivity index (χ0v) is 10.7. The Kier molecular flexibility index (Phi) is 5.19. The largest absolute Gasteiger partial charge is 1.00 e. The minimum Gasteiger partial charge on any atom is -1.00 e. The summed E-state index contributed by atoms with van der Waals surface area (Å²) in [4.78, 5) is 5.94. The molecule has 16 heavy (non-hydrogen) atoms. The van der Waals surface area contributed by atoms with Crippen molar-refractivity contribution in [2.75, 3.05) is 19.6 Å². The summed E-state index contributed by atoms with van der Waals surface area (Å²) >= 11 is 0. The molecule has 2 heterocycles. The van der Waals surface area contributed by atoms with Gasteiger partial charge in [0, 0.05) is 18.8 Å². The Morgan fingerprint density at radius 1 is 1.44 bits per heavy atom. The van der Waals surface area contributed by atoms with Crippen LogP contribution in [0.15, 0.2) is 24.4 Å². The van der Waals surface area contributed by atoms with Gasteiger partial charge in [-0.15, -0.1) is 0 Å². The Morgan fingerprint density at radius 2 is 2.25 bits per heavy atom. The van der Waals surface area contributed by atoms with E-state index in [1.54, 1.807) is 0 Å². The monoisotopic (exact) mass is 241 g/mol. The van der Waals surface area contributed by atoms with Crippen molar-refractivity contribution in [3.63, 3.8) is 0 Å². The number of nitrogens with zero attached hydrogens (tertiary/aromatic N) is 1. The van der Waals surface area contributed by atoms with Crippen molar-refractivity contribution in [1.29, 1.82) is 0 Å². The number of halogens is 1. The molecule has 1 aliphatic rings. The topological polar surface area (TPSA) is 29.4 Å². The first-order valence-electron chi connectivity index (χ1n) is 5.77. The van der Waals surface area contributed by atoms with Crippen LogP contribution in [0, 0.1) is 5.92 Å².